The van der Waals surface area contributed by atoms with Gasteiger partial charge in [-0.25, -0.2) is 9.97 Å². The van der Waals surface area contributed by atoms with E-state index in [0.717, 1.165) is 41.4 Å². The third-order valence-electron chi connectivity index (χ3n) is 6.53. The van der Waals surface area contributed by atoms with E-state index in [2.05, 4.69) is 25.8 Å². The maximum atomic E-state index is 13.1. The van der Waals surface area contributed by atoms with Crippen molar-refractivity contribution in [1.82, 2.24) is 25.5 Å². The third-order valence-corrected chi connectivity index (χ3v) is 6.53. The van der Waals surface area contributed by atoms with Gasteiger partial charge >= 0.3 is 0 Å². The van der Waals surface area contributed by atoms with Crippen molar-refractivity contribution in [2.24, 2.45) is 5.73 Å². The third kappa shape index (κ3) is 3.87. The Morgan fingerprint density at radius 2 is 1.94 bits per heavy atom. The first-order chi connectivity index (χ1) is 16.8. The summed E-state index contributed by atoms with van der Waals surface area (Å²) in [5.41, 5.74) is 15.2. The van der Waals surface area contributed by atoms with Gasteiger partial charge in [-0.15, -0.1) is 0 Å². The summed E-state index contributed by atoms with van der Waals surface area (Å²) < 4.78 is 0. The maximum Gasteiger partial charge on any atom is 0.269 e. The molecule has 35 heavy (non-hydrogen) atoms. The molecule has 2 amide bonds. The smallest absolute Gasteiger partial charge is 0.269 e. The van der Waals surface area contributed by atoms with E-state index in [9.17, 15) is 9.59 Å². The van der Waals surface area contributed by atoms with Crippen molar-refractivity contribution in [2.45, 2.75) is 32.2 Å². The lowest BCUT2D eigenvalue weighted by atomic mass is 9.98. The van der Waals surface area contributed by atoms with Crippen molar-refractivity contribution in [2.75, 3.05) is 17.6 Å². The highest BCUT2D eigenvalue weighted by Gasteiger charge is 2.36. The van der Waals surface area contributed by atoms with Gasteiger partial charge in [0.2, 0.25) is 5.91 Å². The zero-order valence-electron chi connectivity index (χ0n) is 19.5. The second kappa shape index (κ2) is 8.48. The van der Waals surface area contributed by atoms with E-state index in [-0.39, 0.29) is 23.1 Å². The summed E-state index contributed by atoms with van der Waals surface area (Å²) in [5, 5.41) is 14.2. The lowest BCUT2D eigenvalue weighted by molar-refractivity contribution is -0.121. The van der Waals surface area contributed by atoms with E-state index in [1.807, 2.05) is 38.1 Å². The minimum Gasteiger partial charge on any atom is -0.395 e. The number of aryl methyl sites for hydroxylation is 1. The number of carbonyl (C=O) groups excluding carboxylic acids is 2. The number of aromatic nitrogens is 4. The number of primary amides is 1. The predicted molar refractivity (Wildman–Crippen MR) is 134 cm³/mol. The van der Waals surface area contributed by atoms with Crippen molar-refractivity contribution >= 4 is 34.1 Å². The summed E-state index contributed by atoms with van der Waals surface area (Å²) in [5.74, 6) is -0.691. The number of nitrogens with two attached hydrogens (primary N) is 2. The number of benzene rings is 2. The van der Waals surface area contributed by atoms with Crippen LogP contribution in [0.2, 0.25) is 0 Å². The molecule has 1 aliphatic heterocycles. The molecule has 4 aromatic rings. The summed E-state index contributed by atoms with van der Waals surface area (Å²) in [4.78, 5) is 34.6. The number of nitrogens with one attached hydrogen (secondary N) is 3. The van der Waals surface area contributed by atoms with Crippen LogP contribution in [0.5, 0.6) is 0 Å². The fourth-order valence-electron chi connectivity index (χ4n) is 4.54. The van der Waals surface area contributed by atoms with Gasteiger partial charge in [0.15, 0.2) is 11.5 Å². The first kappa shape index (κ1) is 22.5. The van der Waals surface area contributed by atoms with Gasteiger partial charge in [0, 0.05) is 16.5 Å². The van der Waals surface area contributed by atoms with Crippen LogP contribution in [0.15, 0.2) is 42.6 Å². The first-order valence-corrected chi connectivity index (χ1v) is 11.3. The van der Waals surface area contributed by atoms with Gasteiger partial charge in [-0.3, -0.25) is 14.7 Å². The summed E-state index contributed by atoms with van der Waals surface area (Å²) in [7, 11) is 0. The highest BCUT2D eigenvalue weighted by atomic mass is 16.2. The van der Waals surface area contributed by atoms with Crippen LogP contribution in [0.4, 0.5) is 11.4 Å². The number of H-pyrrole nitrogens is 1. The number of amides is 2. The molecule has 1 fully saturated rings. The molecule has 178 valence electrons. The molecule has 0 saturated carbocycles. The maximum absolute atomic E-state index is 13.1. The van der Waals surface area contributed by atoms with Gasteiger partial charge in [0.1, 0.15) is 0 Å². The van der Waals surface area contributed by atoms with Crippen LogP contribution in [0, 0.1) is 6.92 Å². The topological polar surface area (TPSA) is 165 Å². The number of para-hydroxylation sites is 1. The Morgan fingerprint density at radius 1 is 1.14 bits per heavy atom. The quantitative estimate of drug-likeness (QED) is 0.299. The van der Waals surface area contributed by atoms with Crippen LogP contribution in [-0.2, 0) is 4.79 Å². The first-order valence-electron chi connectivity index (χ1n) is 11.3. The van der Waals surface area contributed by atoms with Crippen LogP contribution in [0.3, 0.4) is 0 Å². The van der Waals surface area contributed by atoms with Crippen molar-refractivity contribution in [3.05, 3.63) is 53.9 Å². The molecule has 0 spiro atoms. The fraction of sp³-hybridized carbons (Fsp3) is 0.240. The molecule has 0 radical (unpaired) electrons. The van der Waals surface area contributed by atoms with Gasteiger partial charge in [-0.05, 0) is 57.0 Å². The van der Waals surface area contributed by atoms with Crippen LogP contribution in [0.25, 0.3) is 33.5 Å². The lowest BCUT2D eigenvalue weighted by Crippen LogP contribution is -2.48. The number of rotatable bonds is 5. The van der Waals surface area contributed by atoms with Gasteiger partial charge in [0.05, 0.1) is 34.3 Å². The highest BCUT2D eigenvalue weighted by Crippen LogP contribution is 2.37. The molecule has 1 aliphatic rings. The summed E-state index contributed by atoms with van der Waals surface area (Å²) in [6, 6.07) is 11.0. The Labute approximate surface area is 201 Å². The SMILES string of the molecule is Cc1ccc2[nH]ncc2c1-c1nc(-c2ccccc2NC(=O)[C@@]2(C)CCCN2)nc(C(N)=O)c1N. The number of nitrogens with zero attached hydrogens (tertiary/aromatic N) is 3. The van der Waals surface area contributed by atoms with Crippen LogP contribution in [0.1, 0.15) is 35.8 Å². The Bertz CT molecular complexity index is 1470. The molecule has 0 unspecified atom stereocenters. The average Bonchev–Trinajstić information content (AvgIpc) is 3.50. The molecule has 1 saturated heterocycles. The van der Waals surface area contributed by atoms with Crippen molar-refractivity contribution in [3.8, 4) is 22.6 Å². The summed E-state index contributed by atoms with van der Waals surface area (Å²) >= 11 is 0. The Kier molecular flexibility index (Phi) is 5.45. The molecular formula is C25H26N8O2. The molecule has 7 N–H and O–H groups in total. The van der Waals surface area contributed by atoms with Crippen molar-refractivity contribution in [1.29, 1.82) is 0 Å². The zero-order chi connectivity index (χ0) is 24.7. The van der Waals surface area contributed by atoms with Crippen LogP contribution < -0.4 is 22.1 Å². The van der Waals surface area contributed by atoms with Crippen LogP contribution in [-0.4, -0.2) is 44.1 Å². The van der Waals surface area contributed by atoms with Crippen LogP contribution >= 0.6 is 0 Å². The molecule has 10 heteroatoms. The largest absolute Gasteiger partial charge is 0.395 e. The van der Waals surface area contributed by atoms with Crippen molar-refractivity contribution in [3.63, 3.8) is 0 Å². The molecule has 3 heterocycles. The predicted octanol–water partition coefficient (Wildman–Crippen LogP) is 2.76. The number of anilines is 2. The van der Waals surface area contributed by atoms with Crippen molar-refractivity contribution < 1.29 is 9.59 Å². The molecule has 1 atom stereocenters. The standard InChI is InChI=1S/C25H26N8O2/c1-13-8-9-17-15(12-29-33-17)18(13)20-19(26)21(22(27)34)32-23(31-20)14-6-3-4-7-16(14)30-24(35)25(2)10-5-11-28-25/h3-4,6-9,12,28H,5,10-11,26H2,1-2H3,(H2,27,34)(H,29,33)(H,30,35)/t25-/m1/s1. The summed E-state index contributed by atoms with van der Waals surface area (Å²) in [6.45, 7) is 4.60. The zero-order valence-corrected chi connectivity index (χ0v) is 19.5. The number of carbonyl (C=O) groups is 2. The number of nitrogen functional groups attached to an aromatic ring is 1. The van der Waals surface area contributed by atoms with E-state index < -0.39 is 11.4 Å². The average molecular weight is 471 g/mol. The van der Waals surface area contributed by atoms with E-state index in [0.29, 0.717) is 16.9 Å². The number of aromatic amines is 1. The number of hydrogen-bond donors (Lipinski definition) is 5. The van der Waals surface area contributed by atoms with E-state index in [1.54, 1.807) is 18.3 Å². The lowest BCUT2D eigenvalue weighted by Gasteiger charge is -2.24. The molecule has 2 aromatic carbocycles. The normalized spacial score (nSPS) is 17.5. The minimum absolute atomic E-state index is 0.0854. The number of hydrogen-bond acceptors (Lipinski definition) is 7. The van der Waals surface area contributed by atoms with Gasteiger partial charge in [-0.2, -0.15) is 5.10 Å². The molecular weight excluding hydrogens is 444 g/mol. The van der Waals surface area contributed by atoms with Gasteiger partial charge < -0.3 is 22.1 Å². The molecule has 10 nitrogen and oxygen atoms in total. The Hall–Kier alpha value is -4.31. The second-order valence-corrected chi connectivity index (χ2v) is 8.97. The molecule has 5 rings (SSSR count). The molecule has 0 aliphatic carbocycles. The Balaban J connectivity index is 1.68. The Morgan fingerprint density at radius 3 is 2.69 bits per heavy atom. The number of fused-ring (bicyclic) bond motifs is 1. The fourth-order valence-corrected chi connectivity index (χ4v) is 4.54. The van der Waals surface area contributed by atoms with E-state index >= 15 is 0 Å². The monoisotopic (exact) mass is 470 g/mol. The van der Waals surface area contributed by atoms with E-state index in [1.165, 1.54) is 0 Å². The highest BCUT2D eigenvalue weighted by molar-refractivity contribution is 6.05. The van der Waals surface area contributed by atoms with Gasteiger partial charge in [0.25, 0.3) is 5.91 Å². The van der Waals surface area contributed by atoms with E-state index in [4.69, 9.17) is 16.5 Å². The van der Waals surface area contributed by atoms with Gasteiger partial charge in [-0.1, -0.05) is 18.2 Å². The molecule has 2 aromatic heterocycles. The minimum atomic E-state index is -0.770. The summed E-state index contributed by atoms with van der Waals surface area (Å²) in [6.07, 6.45) is 3.35. The molecule has 0 bridgehead atoms. The second-order valence-electron chi connectivity index (χ2n) is 8.97.